The van der Waals surface area contributed by atoms with Crippen molar-refractivity contribution in [1.29, 1.82) is 0 Å². The Morgan fingerprint density at radius 2 is 2.33 bits per heavy atom. The molecule has 1 heterocycles. The van der Waals surface area contributed by atoms with Crippen molar-refractivity contribution >= 4 is 29.1 Å². The monoisotopic (exact) mass is 267 g/mol. The lowest BCUT2D eigenvalue weighted by Gasteiger charge is -2.11. The zero-order valence-corrected chi connectivity index (χ0v) is 10.5. The van der Waals surface area contributed by atoms with Gasteiger partial charge in [0, 0.05) is 24.6 Å². The van der Waals surface area contributed by atoms with Crippen molar-refractivity contribution in [3.8, 4) is 0 Å². The number of amides is 2. The molecule has 1 aromatic rings. The van der Waals surface area contributed by atoms with Crippen LogP contribution in [0.2, 0.25) is 5.02 Å². The maximum atomic E-state index is 11.8. The minimum atomic E-state index is -0.224. The molecule has 5 nitrogen and oxygen atoms in total. The standard InChI is InChI=1S/C12H14ClN3O2/c13-9-5-7(1-3-10(9)14)12(18)15-6-8-2-4-11(17)16-8/h1,3,5,8H,2,4,6,14H2,(H,15,18)(H,16,17). The highest BCUT2D eigenvalue weighted by Gasteiger charge is 2.21. The topological polar surface area (TPSA) is 84.2 Å². The molecule has 1 saturated heterocycles. The van der Waals surface area contributed by atoms with Crippen molar-refractivity contribution < 1.29 is 9.59 Å². The predicted molar refractivity (Wildman–Crippen MR) is 69.4 cm³/mol. The first-order valence-corrected chi connectivity index (χ1v) is 6.06. The average molecular weight is 268 g/mol. The van der Waals surface area contributed by atoms with Gasteiger partial charge in [-0.3, -0.25) is 9.59 Å². The maximum absolute atomic E-state index is 11.8. The normalized spacial score (nSPS) is 18.5. The summed E-state index contributed by atoms with van der Waals surface area (Å²) in [7, 11) is 0. The second-order valence-corrected chi connectivity index (χ2v) is 4.66. The van der Waals surface area contributed by atoms with Crippen LogP contribution in [0.25, 0.3) is 0 Å². The van der Waals surface area contributed by atoms with Gasteiger partial charge in [-0.1, -0.05) is 11.6 Å². The molecule has 2 amide bonds. The number of nitrogens with one attached hydrogen (secondary N) is 2. The molecule has 1 aliphatic heterocycles. The van der Waals surface area contributed by atoms with Crippen LogP contribution in [0.5, 0.6) is 0 Å². The lowest BCUT2D eigenvalue weighted by atomic mass is 10.2. The van der Waals surface area contributed by atoms with Crippen LogP contribution >= 0.6 is 11.6 Å². The van der Waals surface area contributed by atoms with Crippen LogP contribution in [0, 0.1) is 0 Å². The van der Waals surface area contributed by atoms with Gasteiger partial charge in [0.1, 0.15) is 0 Å². The van der Waals surface area contributed by atoms with Crippen molar-refractivity contribution in [1.82, 2.24) is 10.6 Å². The summed E-state index contributed by atoms with van der Waals surface area (Å²) in [4.78, 5) is 22.8. The van der Waals surface area contributed by atoms with Crippen LogP contribution in [0.3, 0.4) is 0 Å². The predicted octanol–water partition coefficient (Wildman–Crippen LogP) is 0.931. The van der Waals surface area contributed by atoms with Gasteiger partial charge in [-0.05, 0) is 24.6 Å². The van der Waals surface area contributed by atoms with Crippen LogP contribution in [0.15, 0.2) is 18.2 Å². The van der Waals surface area contributed by atoms with Crippen LogP contribution in [-0.2, 0) is 4.79 Å². The van der Waals surface area contributed by atoms with Gasteiger partial charge in [0.2, 0.25) is 5.91 Å². The van der Waals surface area contributed by atoms with Crippen LogP contribution in [0.1, 0.15) is 23.2 Å². The molecule has 0 aromatic heterocycles. The van der Waals surface area contributed by atoms with Gasteiger partial charge in [-0.2, -0.15) is 0 Å². The van der Waals surface area contributed by atoms with Gasteiger partial charge in [-0.25, -0.2) is 0 Å². The van der Waals surface area contributed by atoms with E-state index in [9.17, 15) is 9.59 Å². The van der Waals surface area contributed by atoms with E-state index in [-0.39, 0.29) is 17.9 Å². The smallest absolute Gasteiger partial charge is 0.251 e. The number of rotatable bonds is 3. The molecule has 4 N–H and O–H groups in total. The van der Waals surface area contributed by atoms with E-state index in [2.05, 4.69) is 10.6 Å². The zero-order valence-electron chi connectivity index (χ0n) is 9.70. The molecule has 1 unspecified atom stereocenters. The first kappa shape index (κ1) is 12.7. The van der Waals surface area contributed by atoms with Crippen LogP contribution in [0.4, 0.5) is 5.69 Å². The fraction of sp³-hybridized carbons (Fsp3) is 0.333. The quantitative estimate of drug-likeness (QED) is 0.713. The van der Waals surface area contributed by atoms with E-state index in [4.69, 9.17) is 17.3 Å². The molecule has 2 rings (SSSR count). The summed E-state index contributed by atoms with van der Waals surface area (Å²) in [5.41, 5.74) is 6.46. The molecule has 6 heteroatoms. The number of hydrogen-bond donors (Lipinski definition) is 3. The summed E-state index contributed by atoms with van der Waals surface area (Å²) in [6, 6.07) is 4.75. The Kier molecular flexibility index (Phi) is 3.72. The van der Waals surface area contributed by atoms with Crippen molar-refractivity contribution in [3.63, 3.8) is 0 Å². The van der Waals surface area contributed by atoms with Gasteiger partial charge >= 0.3 is 0 Å². The van der Waals surface area contributed by atoms with Gasteiger partial charge in [0.15, 0.2) is 0 Å². The molecule has 0 bridgehead atoms. The fourth-order valence-electron chi connectivity index (χ4n) is 1.82. The first-order valence-electron chi connectivity index (χ1n) is 5.69. The van der Waals surface area contributed by atoms with E-state index in [1.165, 1.54) is 6.07 Å². The summed E-state index contributed by atoms with van der Waals surface area (Å²) in [5.74, 6) is -0.192. The summed E-state index contributed by atoms with van der Waals surface area (Å²) in [6.07, 6.45) is 1.27. The number of carbonyl (C=O) groups is 2. The van der Waals surface area contributed by atoms with Gasteiger partial charge in [0.25, 0.3) is 5.91 Å². The van der Waals surface area contributed by atoms with E-state index < -0.39 is 0 Å². The summed E-state index contributed by atoms with van der Waals surface area (Å²) in [6.45, 7) is 0.423. The van der Waals surface area contributed by atoms with Gasteiger partial charge < -0.3 is 16.4 Å². The molecule has 96 valence electrons. The van der Waals surface area contributed by atoms with Gasteiger partial charge in [-0.15, -0.1) is 0 Å². The SMILES string of the molecule is Nc1ccc(C(=O)NCC2CCC(=O)N2)cc1Cl. The molecular formula is C12H14ClN3O2. The summed E-state index contributed by atoms with van der Waals surface area (Å²) >= 11 is 5.84. The molecule has 1 atom stereocenters. The number of benzene rings is 1. The number of nitrogen functional groups attached to an aromatic ring is 1. The zero-order chi connectivity index (χ0) is 13.1. The average Bonchev–Trinajstić information content (AvgIpc) is 2.75. The largest absolute Gasteiger partial charge is 0.398 e. The van der Waals surface area contributed by atoms with Crippen molar-refractivity contribution in [3.05, 3.63) is 28.8 Å². The number of nitrogens with two attached hydrogens (primary N) is 1. The van der Waals surface area contributed by atoms with E-state index in [1.54, 1.807) is 12.1 Å². The minimum absolute atomic E-state index is 0.0192. The summed E-state index contributed by atoms with van der Waals surface area (Å²) in [5, 5.41) is 5.89. The molecule has 1 fully saturated rings. The van der Waals surface area contributed by atoms with Crippen LogP contribution in [-0.4, -0.2) is 24.4 Å². The van der Waals surface area contributed by atoms with Crippen molar-refractivity contribution in [2.45, 2.75) is 18.9 Å². The highest BCUT2D eigenvalue weighted by atomic mass is 35.5. The first-order chi connectivity index (χ1) is 8.56. The molecule has 0 aliphatic carbocycles. The Bertz CT molecular complexity index is 490. The Labute approximate surface area is 110 Å². The van der Waals surface area contributed by atoms with E-state index in [0.717, 1.165) is 6.42 Å². The highest BCUT2D eigenvalue weighted by molar-refractivity contribution is 6.33. The molecule has 1 aliphatic rings. The fourth-order valence-corrected chi connectivity index (χ4v) is 2.00. The number of halogens is 1. The molecule has 0 radical (unpaired) electrons. The number of carbonyl (C=O) groups excluding carboxylic acids is 2. The minimum Gasteiger partial charge on any atom is -0.398 e. The number of anilines is 1. The van der Waals surface area contributed by atoms with Crippen molar-refractivity contribution in [2.24, 2.45) is 0 Å². The third-order valence-electron chi connectivity index (χ3n) is 2.86. The van der Waals surface area contributed by atoms with Crippen molar-refractivity contribution in [2.75, 3.05) is 12.3 Å². The van der Waals surface area contributed by atoms with Gasteiger partial charge in [0.05, 0.1) is 10.7 Å². The molecule has 1 aromatic carbocycles. The second-order valence-electron chi connectivity index (χ2n) is 4.25. The molecule has 0 spiro atoms. The van der Waals surface area contributed by atoms with E-state index in [0.29, 0.717) is 29.2 Å². The Morgan fingerprint density at radius 1 is 1.56 bits per heavy atom. The molecular weight excluding hydrogens is 254 g/mol. The van der Waals surface area contributed by atoms with E-state index >= 15 is 0 Å². The maximum Gasteiger partial charge on any atom is 0.251 e. The Morgan fingerprint density at radius 3 is 2.94 bits per heavy atom. The lowest BCUT2D eigenvalue weighted by molar-refractivity contribution is -0.119. The third kappa shape index (κ3) is 2.92. The Hall–Kier alpha value is -1.75. The second kappa shape index (κ2) is 5.27. The summed E-state index contributed by atoms with van der Waals surface area (Å²) < 4.78 is 0. The molecule has 18 heavy (non-hydrogen) atoms. The third-order valence-corrected chi connectivity index (χ3v) is 3.18. The lowest BCUT2D eigenvalue weighted by Crippen LogP contribution is -2.38. The number of hydrogen-bond acceptors (Lipinski definition) is 3. The van der Waals surface area contributed by atoms with E-state index in [1.807, 2.05) is 0 Å². The highest BCUT2D eigenvalue weighted by Crippen LogP contribution is 2.19. The molecule has 0 saturated carbocycles. The Balaban J connectivity index is 1.91. The van der Waals surface area contributed by atoms with Crippen LogP contribution < -0.4 is 16.4 Å².